The Bertz CT molecular complexity index is 768. The fraction of sp³-hybridized carbons (Fsp3) is 0.176. The van der Waals surface area contributed by atoms with Crippen LogP contribution in [0.2, 0.25) is 0 Å². The first-order chi connectivity index (χ1) is 10.2. The van der Waals surface area contributed by atoms with Crippen LogP contribution in [-0.4, -0.2) is 7.05 Å². The first-order valence-corrected chi connectivity index (χ1v) is 7.55. The second-order valence-corrected chi connectivity index (χ2v) is 5.82. The van der Waals surface area contributed by atoms with Crippen molar-refractivity contribution in [1.82, 2.24) is 5.32 Å². The number of fused-ring (bicyclic) bond motifs is 1. The van der Waals surface area contributed by atoms with Gasteiger partial charge in [0.2, 0.25) is 0 Å². The van der Waals surface area contributed by atoms with E-state index in [1.807, 2.05) is 31.3 Å². The van der Waals surface area contributed by atoms with E-state index in [4.69, 9.17) is 4.42 Å². The minimum Gasteiger partial charge on any atom is -0.464 e. The molecule has 21 heavy (non-hydrogen) atoms. The Balaban J connectivity index is 1.95. The van der Waals surface area contributed by atoms with Crippen LogP contribution in [0.25, 0.3) is 11.0 Å². The van der Waals surface area contributed by atoms with Gasteiger partial charge in [-0.05, 0) is 37.2 Å². The van der Waals surface area contributed by atoms with Crippen molar-refractivity contribution < 1.29 is 8.81 Å². The molecule has 0 spiro atoms. The molecular weight excluding hydrogens is 333 g/mol. The topological polar surface area (TPSA) is 25.2 Å². The maximum absolute atomic E-state index is 13.2. The van der Waals surface area contributed by atoms with Crippen LogP contribution in [0.4, 0.5) is 4.39 Å². The summed E-state index contributed by atoms with van der Waals surface area (Å²) >= 11 is 3.43. The van der Waals surface area contributed by atoms with E-state index in [2.05, 4.69) is 27.3 Å². The summed E-state index contributed by atoms with van der Waals surface area (Å²) in [4.78, 5) is 0. The normalized spacial score (nSPS) is 12.7. The van der Waals surface area contributed by atoms with E-state index in [1.54, 1.807) is 6.26 Å². The zero-order valence-corrected chi connectivity index (χ0v) is 13.2. The van der Waals surface area contributed by atoms with E-state index in [0.717, 1.165) is 33.0 Å². The molecule has 1 aromatic heterocycles. The molecule has 0 amide bonds. The van der Waals surface area contributed by atoms with Crippen molar-refractivity contribution in [2.45, 2.75) is 12.5 Å². The largest absolute Gasteiger partial charge is 0.464 e. The van der Waals surface area contributed by atoms with Gasteiger partial charge in [-0.2, -0.15) is 0 Å². The molecule has 2 nitrogen and oxygen atoms in total. The molecule has 1 unspecified atom stereocenters. The molecule has 0 radical (unpaired) electrons. The van der Waals surface area contributed by atoms with Crippen molar-refractivity contribution in [3.63, 3.8) is 0 Å². The van der Waals surface area contributed by atoms with Crippen molar-refractivity contribution in [3.05, 3.63) is 70.1 Å². The van der Waals surface area contributed by atoms with Gasteiger partial charge >= 0.3 is 0 Å². The predicted molar refractivity (Wildman–Crippen MR) is 85.8 cm³/mol. The van der Waals surface area contributed by atoms with Gasteiger partial charge in [-0.25, -0.2) is 4.39 Å². The highest BCUT2D eigenvalue weighted by Gasteiger charge is 2.17. The third kappa shape index (κ3) is 2.87. The van der Waals surface area contributed by atoms with Crippen molar-refractivity contribution >= 4 is 26.9 Å². The Hall–Kier alpha value is -1.65. The van der Waals surface area contributed by atoms with Crippen LogP contribution in [0.1, 0.15) is 17.2 Å². The summed E-state index contributed by atoms with van der Waals surface area (Å²) in [7, 11) is 1.92. The molecule has 0 bridgehead atoms. The van der Waals surface area contributed by atoms with E-state index >= 15 is 0 Å². The number of nitrogens with one attached hydrogen (secondary N) is 1. The number of rotatable bonds is 4. The summed E-state index contributed by atoms with van der Waals surface area (Å²) in [5.74, 6) is -0.236. The van der Waals surface area contributed by atoms with Crippen molar-refractivity contribution in [2.75, 3.05) is 7.05 Å². The molecule has 0 aliphatic rings. The number of hydrogen-bond acceptors (Lipinski definition) is 2. The third-order valence-electron chi connectivity index (χ3n) is 3.67. The number of para-hydroxylation sites is 1. The Morgan fingerprint density at radius 2 is 2.05 bits per heavy atom. The number of benzene rings is 2. The first kappa shape index (κ1) is 14.3. The van der Waals surface area contributed by atoms with E-state index in [9.17, 15) is 4.39 Å². The maximum Gasteiger partial charge on any atom is 0.134 e. The SMILES string of the molecule is CNC(Cc1ccc(F)cc1Br)c1coc2ccccc12. The van der Waals surface area contributed by atoms with Gasteiger partial charge in [0.25, 0.3) is 0 Å². The number of halogens is 2. The Morgan fingerprint density at radius 3 is 2.81 bits per heavy atom. The molecule has 2 aromatic carbocycles. The smallest absolute Gasteiger partial charge is 0.134 e. The van der Waals surface area contributed by atoms with Crippen molar-refractivity contribution in [1.29, 1.82) is 0 Å². The number of hydrogen-bond donors (Lipinski definition) is 1. The van der Waals surface area contributed by atoms with Crippen LogP contribution in [-0.2, 0) is 6.42 Å². The molecule has 108 valence electrons. The van der Waals surface area contributed by atoms with E-state index in [1.165, 1.54) is 12.1 Å². The van der Waals surface area contributed by atoms with Crippen molar-refractivity contribution in [2.24, 2.45) is 0 Å². The summed E-state index contributed by atoms with van der Waals surface area (Å²) < 4.78 is 19.6. The second-order valence-electron chi connectivity index (χ2n) is 4.97. The molecule has 0 aliphatic carbocycles. The van der Waals surface area contributed by atoms with Gasteiger partial charge in [-0.3, -0.25) is 0 Å². The van der Waals surface area contributed by atoms with Crippen LogP contribution in [0.15, 0.2) is 57.6 Å². The lowest BCUT2D eigenvalue weighted by Gasteiger charge is -2.16. The minimum absolute atomic E-state index is 0.107. The Labute approximate surface area is 131 Å². The highest BCUT2D eigenvalue weighted by molar-refractivity contribution is 9.10. The molecule has 0 saturated heterocycles. The van der Waals surface area contributed by atoms with E-state index in [-0.39, 0.29) is 11.9 Å². The molecule has 1 heterocycles. The molecule has 4 heteroatoms. The molecular formula is C17H15BrFNO. The quantitative estimate of drug-likeness (QED) is 0.730. The average Bonchev–Trinajstić information content (AvgIpc) is 2.91. The lowest BCUT2D eigenvalue weighted by Crippen LogP contribution is -2.18. The van der Waals surface area contributed by atoms with Gasteiger partial charge < -0.3 is 9.73 Å². The minimum atomic E-state index is -0.236. The van der Waals surface area contributed by atoms with Gasteiger partial charge in [-0.1, -0.05) is 40.2 Å². The highest BCUT2D eigenvalue weighted by Crippen LogP contribution is 2.30. The molecule has 0 fully saturated rings. The highest BCUT2D eigenvalue weighted by atomic mass is 79.9. The summed E-state index contributed by atoms with van der Waals surface area (Å²) in [6.45, 7) is 0. The summed E-state index contributed by atoms with van der Waals surface area (Å²) in [5.41, 5.74) is 3.05. The lowest BCUT2D eigenvalue weighted by molar-refractivity contribution is 0.561. The first-order valence-electron chi connectivity index (χ1n) is 6.76. The predicted octanol–water partition coefficient (Wildman–Crippen LogP) is 4.84. The van der Waals surface area contributed by atoms with Gasteiger partial charge in [0.05, 0.1) is 6.26 Å². The zero-order valence-electron chi connectivity index (χ0n) is 11.6. The molecule has 1 atom stereocenters. The van der Waals surface area contributed by atoms with Gasteiger partial charge in [0.15, 0.2) is 0 Å². The van der Waals surface area contributed by atoms with E-state index < -0.39 is 0 Å². The van der Waals surface area contributed by atoms with Gasteiger partial charge in [-0.15, -0.1) is 0 Å². The third-order valence-corrected chi connectivity index (χ3v) is 4.41. The standard InChI is InChI=1S/C17H15BrFNO/c1-20-16(8-11-6-7-12(19)9-15(11)18)14-10-21-17-5-3-2-4-13(14)17/h2-7,9-10,16,20H,8H2,1H3. The Kier molecular flexibility index (Phi) is 4.08. The maximum atomic E-state index is 13.2. The molecule has 3 aromatic rings. The fourth-order valence-corrected chi connectivity index (χ4v) is 3.06. The number of furan rings is 1. The molecule has 3 rings (SSSR count). The lowest BCUT2D eigenvalue weighted by atomic mass is 9.98. The Morgan fingerprint density at radius 1 is 1.24 bits per heavy atom. The molecule has 0 aliphatic heterocycles. The van der Waals surface area contributed by atoms with Crippen LogP contribution in [0.5, 0.6) is 0 Å². The van der Waals surface area contributed by atoms with E-state index in [0.29, 0.717) is 0 Å². The van der Waals surface area contributed by atoms with Crippen LogP contribution in [0.3, 0.4) is 0 Å². The van der Waals surface area contributed by atoms with Gasteiger partial charge in [0.1, 0.15) is 11.4 Å². The van der Waals surface area contributed by atoms with Crippen molar-refractivity contribution in [3.8, 4) is 0 Å². The molecule has 0 saturated carbocycles. The zero-order chi connectivity index (χ0) is 14.8. The summed E-state index contributed by atoms with van der Waals surface area (Å²) in [6, 6.07) is 12.9. The fourth-order valence-electron chi connectivity index (χ4n) is 2.54. The summed E-state index contributed by atoms with van der Waals surface area (Å²) in [5, 5.41) is 4.42. The van der Waals surface area contributed by atoms with Crippen LogP contribution >= 0.6 is 15.9 Å². The second kappa shape index (κ2) is 6.00. The summed E-state index contributed by atoms with van der Waals surface area (Å²) in [6.07, 6.45) is 2.55. The van der Waals surface area contributed by atoms with Crippen LogP contribution in [0, 0.1) is 5.82 Å². The van der Waals surface area contributed by atoms with Gasteiger partial charge in [0, 0.05) is 21.5 Å². The average molecular weight is 348 g/mol. The number of likely N-dealkylation sites (N-methyl/N-ethyl adjacent to an activating group) is 1. The monoisotopic (exact) mass is 347 g/mol. The van der Waals surface area contributed by atoms with Crippen LogP contribution < -0.4 is 5.32 Å². The molecule has 1 N–H and O–H groups in total.